The highest BCUT2D eigenvalue weighted by Gasteiger charge is 2.38. The van der Waals surface area contributed by atoms with Crippen molar-refractivity contribution in [1.29, 1.82) is 0 Å². The molecule has 0 amide bonds. The summed E-state index contributed by atoms with van der Waals surface area (Å²) in [5.74, 6) is 6.59. The highest BCUT2D eigenvalue weighted by Crippen LogP contribution is 2.49. The molecule has 0 aromatic rings. The third-order valence-electron chi connectivity index (χ3n) is 6.44. The first-order chi connectivity index (χ1) is 9.78. The first kappa shape index (κ1) is 14.9. The first-order valence-corrected chi connectivity index (χ1v) is 9.78. The van der Waals surface area contributed by atoms with Gasteiger partial charge in [0.05, 0.1) is 0 Å². The molecular formula is C20H36. The van der Waals surface area contributed by atoms with Crippen LogP contribution in [0.25, 0.3) is 0 Å². The van der Waals surface area contributed by atoms with Crippen molar-refractivity contribution >= 4 is 0 Å². The molecule has 0 saturated heterocycles. The molecule has 3 aliphatic carbocycles. The maximum Gasteiger partial charge on any atom is -0.0357 e. The second kappa shape index (κ2) is 6.84. The van der Waals surface area contributed by atoms with Crippen LogP contribution in [-0.4, -0.2) is 0 Å². The Labute approximate surface area is 127 Å². The summed E-state index contributed by atoms with van der Waals surface area (Å²) >= 11 is 0. The van der Waals surface area contributed by atoms with Crippen molar-refractivity contribution in [1.82, 2.24) is 0 Å². The molecule has 0 aliphatic heterocycles. The second-order valence-corrected chi connectivity index (χ2v) is 8.47. The van der Waals surface area contributed by atoms with Gasteiger partial charge in [-0.15, -0.1) is 0 Å². The molecular weight excluding hydrogens is 240 g/mol. The lowest BCUT2D eigenvalue weighted by atomic mass is 9.76. The van der Waals surface area contributed by atoms with Crippen molar-refractivity contribution < 1.29 is 0 Å². The largest absolute Gasteiger partial charge is 0.0654 e. The topological polar surface area (TPSA) is 0 Å². The molecule has 0 aromatic heterocycles. The molecule has 3 aliphatic rings. The van der Waals surface area contributed by atoms with Crippen LogP contribution in [0.4, 0.5) is 0 Å². The Balaban J connectivity index is 1.51. The molecule has 0 N–H and O–H groups in total. The third-order valence-corrected chi connectivity index (χ3v) is 6.44. The van der Waals surface area contributed by atoms with Crippen LogP contribution in [0.3, 0.4) is 0 Å². The molecule has 116 valence electrons. The van der Waals surface area contributed by atoms with Gasteiger partial charge in [-0.2, -0.15) is 0 Å². The van der Waals surface area contributed by atoms with Gasteiger partial charge in [0, 0.05) is 0 Å². The van der Waals surface area contributed by atoms with Gasteiger partial charge in [0.1, 0.15) is 0 Å². The average Bonchev–Trinajstić information content (AvgIpc) is 3.30. The van der Waals surface area contributed by atoms with Gasteiger partial charge in [-0.25, -0.2) is 0 Å². The fourth-order valence-electron chi connectivity index (χ4n) is 4.63. The predicted octanol–water partition coefficient (Wildman–Crippen LogP) is 6.45. The zero-order valence-electron chi connectivity index (χ0n) is 13.9. The van der Waals surface area contributed by atoms with Crippen molar-refractivity contribution in [3.05, 3.63) is 0 Å². The van der Waals surface area contributed by atoms with Crippen LogP contribution >= 0.6 is 0 Å². The minimum absolute atomic E-state index is 1.03. The van der Waals surface area contributed by atoms with E-state index in [-0.39, 0.29) is 0 Å². The predicted molar refractivity (Wildman–Crippen MR) is 87.7 cm³/mol. The SMILES string of the molecule is CCCC(C1CC1)C(CCCC1CC1)CC(C)C1CC1. The van der Waals surface area contributed by atoms with Crippen LogP contribution < -0.4 is 0 Å². The minimum Gasteiger partial charge on any atom is -0.0654 e. The van der Waals surface area contributed by atoms with Crippen molar-refractivity contribution in [3.8, 4) is 0 Å². The molecule has 0 radical (unpaired) electrons. The monoisotopic (exact) mass is 276 g/mol. The smallest absolute Gasteiger partial charge is 0.0357 e. The summed E-state index contributed by atoms with van der Waals surface area (Å²) in [6.07, 6.45) is 18.4. The maximum absolute atomic E-state index is 2.56. The summed E-state index contributed by atoms with van der Waals surface area (Å²) in [6, 6.07) is 0. The minimum atomic E-state index is 1.03. The lowest BCUT2D eigenvalue weighted by Gasteiger charge is -2.30. The number of rotatable bonds is 11. The summed E-state index contributed by atoms with van der Waals surface area (Å²) in [7, 11) is 0. The van der Waals surface area contributed by atoms with E-state index in [1.807, 2.05) is 0 Å². The van der Waals surface area contributed by atoms with Crippen LogP contribution in [0.2, 0.25) is 0 Å². The summed E-state index contributed by atoms with van der Waals surface area (Å²) in [5.41, 5.74) is 0. The summed E-state index contributed by atoms with van der Waals surface area (Å²) in [4.78, 5) is 0. The Morgan fingerprint density at radius 3 is 2.15 bits per heavy atom. The van der Waals surface area contributed by atoms with E-state index in [1.54, 1.807) is 51.4 Å². The first-order valence-electron chi connectivity index (χ1n) is 9.78. The fraction of sp³-hybridized carbons (Fsp3) is 1.00. The van der Waals surface area contributed by atoms with Crippen LogP contribution in [0.1, 0.15) is 90.9 Å². The van der Waals surface area contributed by atoms with E-state index in [9.17, 15) is 0 Å². The fourth-order valence-corrected chi connectivity index (χ4v) is 4.63. The Bertz CT molecular complexity index is 282. The van der Waals surface area contributed by atoms with E-state index < -0.39 is 0 Å². The van der Waals surface area contributed by atoms with E-state index in [1.165, 1.54) is 25.7 Å². The van der Waals surface area contributed by atoms with Gasteiger partial charge in [-0.1, -0.05) is 58.8 Å². The van der Waals surface area contributed by atoms with E-state index >= 15 is 0 Å². The number of hydrogen-bond acceptors (Lipinski definition) is 0. The van der Waals surface area contributed by atoms with Crippen molar-refractivity contribution in [2.75, 3.05) is 0 Å². The molecule has 3 rings (SSSR count). The maximum atomic E-state index is 2.56. The van der Waals surface area contributed by atoms with E-state index in [2.05, 4.69) is 13.8 Å². The summed E-state index contributed by atoms with van der Waals surface area (Å²) in [6.45, 7) is 4.96. The molecule has 3 atom stereocenters. The van der Waals surface area contributed by atoms with Gasteiger partial charge in [0.15, 0.2) is 0 Å². The quantitative estimate of drug-likeness (QED) is 0.407. The molecule has 0 bridgehead atoms. The standard InChI is InChI=1S/C20H36/c1-3-5-20(18-12-13-18)19(7-4-6-16-8-9-16)14-15(2)17-10-11-17/h15-20H,3-14H2,1-2H3. The van der Waals surface area contributed by atoms with Gasteiger partial charge < -0.3 is 0 Å². The molecule has 3 saturated carbocycles. The van der Waals surface area contributed by atoms with Gasteiger partial charge in [-0.3, -0.25) is 0 Å². The highest BCUT2D eigenvalue weighted by molar-refractivity contribution is 4.88. The summed E-state index contributed by atoms with van der Waals surface area (Å²) < 4.78 is 0. The molecule has 0 nitrogen and oxygen atoms in total. The molecule has 3 unspecified atom stereocenters. The van der Waals surface area contributed by atoms with Crippen LogP contribution in [0, 0.1) is 35.5 Å². The number of hydrogen-bond donors (Lipinski definition) is 0. The highest BCUT2D eigenvalue weighted by atomic mass is 14.4. The van der Waals surface area contributed by atoms with E-state index in [4.69, 9.17) is 0 Å². The van der Waals surface area contributed by atoms with Gasteiger partial charge in [0.2, 0.25) is 0 Å². The summed E-state index contributed by atoms with van der Waals surface area (Å²) in [5, 5.41) is 0. The zero-order chi connectivity index (χ0) is 13.9. The van der Waals surface area contributed by atoms with Crippen LogP contribution in [0.5, 0.6) is 0 Å². The molecule has 20 heavy (non-hydrogen) atoms. The van der Waals surface area contributed by atoms with E-state index in [0.717, 1.165) is 35.5 Å². The average molecular weight is 277 g/mol. The van der Waals surface area contributed by atoms with Crippen molar-refractivity contribution in [2.45, 2.75) is 90.9 Å². The molecule has 0 aromatic carbocycles. The van der Waals surface area contributed by atoms with Crippen molar-refractivity contribution in [2.24, 2.45) is 35.5 Å². The lowest BCUT2D eigenvalue weighted by molar-refractivity contribution is 0.205. The molecule has 0 heteroatoms. The van der Waals surface area contributed by atoms with Crippen molar-refractivity contribution in [3.63, 3.8) is 0 Å². The Kier molecular flexibility index (Phi) is 5.10. The van der Waals surface area contributed by atoms with Crippen LogP contribution in [-0.2, 0) is 0 Å². The van der Waals surface area contributed by atoms with E-state index in [0.29, 0.717) is 0 Å². The van der Waals surface area contributed by atoms with Gasteiger partial charge in [0.25, 0.3) is 0 Å². The molecule has 3 fully saturated rings. The Hall–Kier alpha value is 0. The van der Waals surface area contributed by atoms with Crippen LogP contribution in [0.15, 0.2) is 0 Å². The van der Waals surface area contributed by atoms with Gasteiger partial charge >= 0.3 is 0 Å². The Morgan fingerprint density at radius 2 is 1.60 bits per heavy atom. The second-order valence-electron chi connectivity index (χ2n) is 8.47. The normalized spacial score (nSPS) is 27.3. The van der Waals surface area contributed by atoms with Gasteiger partial charge in [-0.05, 0) is 67.6 Å². The molecule has 0 heterocycles. The third kappa shape index (κ3) is 4.50. The lowest BCUT2D eigenvalue weighted by Crippen LogP contribution is -2.20. The zero-order valence-corrected chi connectivity index (χ0v) is 13.9. The Morgan fingerprint density at radius 1 is 0.900 bits per heavy atom. The molecule has 0 spiro atoms.